The van der Waals surface area contributed by atoms with Gasteiger partial charge in [0, 0.05) is 49.3 Å². The van der Waals surface area contributed by atoms with Crippen molar-refractivity contribution in [2.24, 2.45) is 0 Å². The number of carboxylic acid groups (broad SMARTS) is 2. The van der Waals surface area contributed by atoms with E-state index in [4.69, 9.17) is 43.0 Å². The maximum Gasteiger partial charge on any atom is 0.414 e. The van der Waals surface area contributed by atoms with Gasteiger partial charge < -0.3 is 10.2 Å². The summed E-state index contributed by atoms with van der Waals surface area (Å²) in [5, 5.41) is 16.4. The Kier molecular flexibility index (Phi) is 8.73. The van der Waals surface area contributed by atoms with Crippen molar-refractivity contribution in [3.63, 3.8) is 0 Å². The van der Waals surface area contributed by atoms with Crippen molar-refractivity contribution in [3.05, 3.63) is 69.7 Å². The first-order valence-electron chi connectivity index (χ1n) is 8.73. The summed E-state index contributed by atoms with van der Waals surface area (Å²) in [6.07, 6.45) is 0. The molecule has 150 valence electrons. The van der Waals surface area contributed by atoms with Crippen molar-refractivity contribution < 1.29 is 19.8 Å². The Bertz CT molecular complexity index is 741. The van der Waals surface area contributed by atoms with Gasteiger partial charge in [0.15, 0.2) is 0 Å². The quantitative estimate of drug-likeness (QED) is 0.731. The zero-order valence-electron chi connectivity index (χ0n) is 15.2. The Morgan fingerprint density at radius 1 is 0.750 bits per heavy atom. The second-order valence-electron chi connectivity index (χ2n) is 6.42. The average Bonchev–Trinajstić information content (AvgIpc) is 2.64. The lowest BCUT2D eigenvalue weighted by molar-refractivity contribution is -0.159. The summed E-state index contributed by atoms with van der Waals surface area (Å²) in [6, 6.07) is 16.3. The third-order valence-corrected chi connectivity index (χ3v) is 4.71. The van der Waals surface area contributed by atoms with Gasteiger partial charge in [-0.2, -0.15) is 0 Å². The molecule has 0 bridgehead atoms. The van der Waals surface area contributed by atoms with Crippen molar-refractivity contribution in [2.45, 2.75) is 13.1 Å². The number of carboxylic acids is 2. The van der Waals surface area contributed by atoms with Gasteiger partial charge in [-0.3, -0.25) is 9.80 Å². The van der Waals surface area contributed by atoms with Crippen LogP contribution in [0.15, 0.2) is 48.5 Å². The number of halogens is 2. The standard InChI is InChI=1S/C18H20Cl2N2.C2H2O4/c19-17-5-1-3-15(11-17)13-21-7-9-22(10-8-21)14-16-4-2-6-18(20)12-16;3-1(4)2(5)6/h1-6,11-12H,7-10,13-14H2;(H,3,4)(H,5,6). The van der Waals surface area contributed by atoms with Crippen LogP contribution in [0.2, 0.25) is 10.0 Å². The van der Waals surface area contributed by atoms with Crippen LogP contribution in [0.1, 0.15) is 11.1 Å². The first-order valence-corrected chi connectivity index (χ1v) is 9.49. The summed E-state index contributed by atoms with van der Waals surface area (Å²) >= 11 is 12.1. The number of benzene rings is 2. The number of nitrogens with zero attached hydrogens (tertiary/aromatic N) is 2. The van der Waals surface area contributed by atoms with Crippen LogP contribution < -0.4 is 0 Å². The third kappa shape index (κ3) is 7.86. The molecular formula is C20H22Cl2N2O4. The second-order valence-corrected chi connectivity index (χ2v) is 7.30. The second kappa shape index (κ2) is 11.0. The van der Waals surface area contributed by atoms with Crippen molar-refractivity contribution >= 4 is 35.1 Å². The molecule has 1 fully saturated rings. The van der Waals surface area contributed by atoms with Crippen LogP contribution in [-0.4, -0.2) is 58.1 Å². The van der Waals surface area contributed by atoms with E-state index in [0.717, 1.165) is 49.3 Å². The Balaban J connectivity index is 0.000000409. The minimum atomic E-state index is -1.82. The molecule has 0 spiro atoms. The maximum absolute atomic E-state index is 9.10. The first kappa shape index (κ1) is 22.2. The number of hydrogen-bond acceptors (Lipinski definition) is 4. The zero-order chi connectivity index (χ0) is 20.5. The highest BCUT2D eigenvalue weighted by atomic mass is 35.5. The van der Waals surface area contributed by atoms with Gasteiger partial charge in [-0.1, -0.05) is 47.5 Å². The molecule has 0 radical (unpaired) electrons. The van der Waals surface area contributed by atoms with Crippen LogP contribution in [0.4, 0.5) is 0 Å². The number of aliphatic carboxylic acids is 2. The van der Waals surface area contributed by atoms with E-state index in [9.17, 15) is 0 Å². The van der Waals surface area contributed by atoms with E-state index in [1.54, 1.807) is 0 Å². The molecule has 2 aromatic carbocycles. The summed E-state index contributed by atoms with van der Waals surface area (Å²) in [6.45, 7) is 6.32. The minimum absolute atomic E-state index is 0.817. The van der Waals surface area contributed by atoms with Gasteiger partial charge in [0.05, 0.1) is 0 Å². The predicted octanol–water partition coefficient (Wildman–Crippen LogP) is 3.47. The Morgan fingerprint density at radius 2 is 1.11 bits per heavy atom. The molecule has 1 aliphatic heterocycles. The summed E-state index contributed by atoms with van der Waals surface area (Å²) in [4.78, 5) is 23.2. The number of hydrogen-bond donors (Lipinski definition) is 2. The number of piperazine rings is 1. The first-order chi connectivity index (χ1) is 13.3. The fraction of sp³-hybridized carbons (Fsp3) is 0.300. The van der Waals surface area contributed by atoms with Gasteiger partial charge in [-0.25, -0.2) is 9.59 Å². The molecule has 6 nitrogen and oxygen atoms in total. The van der Waals surface area contributed by atoms with Crippen LogP contribution in [-0.2, 0) is 22.7 Å². The molecule has 8 heteroatoms. The fourth-order valence-electron chi connectivity index (χ4n) is 2.89. The van der Waals surface area contributed by atoms with Crippen LogP contribution in [0.5, 0.6) is 0 Å². The lowest BCUT2D eigenvalue weighted by Crippen LogP contribution is -2.45. The zero-order valence-corrected chi connectivity index (χ0v) is 16.7. The van der Waals surface area contributed by atoms with Gasteiger partial charge in [0.1, 0.15) is 0 Å². The van der Waals surface area contributed by atoms with Crippen molar-refractivity contribution in [3.8, 4) is 0 Å². The van der Waals surface area contributed by atoms with E-state index < -0.39 is 11.9 Å². The van der Waals surface area contributed by atoms with Gasteiger partial charge in [0.2, 0.25) is 0 Å². The molecule has 2 aromatic rings. The van der Waals surface area contributed by atoms with Crippen LogP contribution in [0, 0.1) is 0 Å². The third-order valence-electron chi connectivity index (χ3n) is 4.24. The minimum Gasteiger partial charge on any atom is -0.473 e. The van der Waals surface area contributed by atoms with Gasteiger partial charge in [-0.05, 0) is 35.4 Å². The SMILES string of the molecule is Clc1cccc(CN2CCN(Cc3cccc(Cl)c3)CC2)c1.O=C(O)C(=O)O. The van der Waals surface area contributed by atoms with Crippen LogP contribution in [0.25, 0.3) is 0 Å². The van der Waals surface area contributed by atoms with Gasteiger partial charge in [0.25, 0.3) is 0 Å². The molecule has 1 saturated heterocycles. The van der Waals surface area contributed by atoms with E-state index in [0.29, 0.717) is 0 Å². The Morgan fingerprint density at radius 3 is 1.39 bits per heavy atom. The molecule has 3 rings (SSSR count). The lowest BCUT2D eigenvalue weighted by Gasteiger charge is -2.34. The highest BCUT2D eigenvalue weighted by molar-refractivity contribution is 6.30. The average molecular weight is 425 g/mol. The van der Waals surface area contributed by atoms with E-state index >= 15 is 0 Å². The highest BCUT2D eigenvalue weighted by Crippen LogP contribution is 2.16. The molecule has 0 saturated carbocycles. The normalized spacial score (nSPS) is 14.8. The molecule has 1 heterocycles. The molecule has 1 aliphatic rings. The summed E-state index contributed by atoms with van der Waals surface area (Å²) < 4.78 is 0. The van der Waals surface area contributed by atoms with Crippen molar-refractivity contribution in [2.75, 3.05) is 26.2 Å². The predicted molar refractivity (Wildman–Crippen MR) is 109 cm³/mol. The lowest BCUT2D eigenvalue weighted by atomic mass is 10.1. The van der Waals surface area contributed by atoms with E-state index in [1.807, 2.05) is 24.3 Å². The topological polar surface area (TPSA) is 81.1 Å². The number of carbonyl (C=O) groups is 2. The highest BCUT2D eigenvalue weighted by Gasteiger charge is 2.17. The molecule has 0 aromatic heterocycles. The largest absolute Gasteiger partial charge is 0.473 e. The molecule has 0 unspecified atom stereocenters. The van der Waals surface area contributed by atoms with Crippen molar-refractivity contribution in [1.82, 2.24) is 9.80 Å². The van der Waals surface area contributed by atoms with Gasteiger partial charge >= 0.3 is 11.9 Å². The van der Waals surface area contributed by atoms with Gasteiger partial charge in [-0.15, -0.1) is 0 Å². The fourth-order valence-corrected chi connectivity index (χ4v) is 3.32. The van der Waals surface area contributed by atoms with E-state index in [2.05, 4.69) is 34.1 Å². The smallest absolute Gasteiger partial charge is 0.414 e. The monoisotopic (exact) mass is 424 g/mol. The molecular weight excluding hydrogens is 403 g/mol. The molecule has 0 atom stereocenters. The maximum atomic E-state index is 9.10. The van der Waals surface area contributed by atoms with E-state index in [1.165, 1.54) is 11.1 Å². The van der Waals surface area contributed by atoms with Crippen LogP contribution >= 0.6 is 23.2 Å². The van der Waals surface area contributed by atoms with Crippen molar-refractivity contribution in [1.29, 1.82) is 0 Å². The number of rotatable bonds is 4. The molecule has 0 aliphatic carbocycles. The Labute approximate surface area is 173 Å². The summed E-state index contributed by atoms with van der Waals surface area (Å²) in [7, 11) is 0. The molecule has 28 heavy (non-hydrogen) atoms. The molecule has 0 amide bonds. The summed E-state index contributed by atoms with van der Waals surface area (Å²) in [5.74, 6) is -3.65. The van der Waals surface area contributed by atoms with E-state index in [-0.39, 0.29) is 0 Å². The summed E-state index contributed by atoms with van der Waals surface area (Å²) in [5.41, 5.74) is 2.58. The Hall–Kier alpha value is -2.12. The van der Waals surface area contributed by atoms with Crippen LogP contribution in [0.3, 0.4) is 0 Å². The molecule has 2 N–H and O–H groups in total.